The zero-order valence-electron chi connectivity index (χ0n) is 32.5. The Bertz CT molecular complexity index is 856. The predicted molar refractivity (Wildman–Crippen MR) is 206 cm³/mol. The molecule has 2 amide bonds. The maximum Gasteiger partial charge on any atom is 0.237 e. The van der Waals surface area contributed by atoms with E-state index < -0.39 is 49.1 Å². The molecule has 0 unspecified atom stereocenters. The van der Waals surface area contributed by atoms with E-state index in [1.54, 1.807) is 4.90 Å². The molecule has 1 aliphatic heterocycles. The highest BCUT2D eigenvalue weighted by molar-refractivity contribution is 5.81. The highest BCUT2D eigenvalue weighted by atomic mass is 16.5. The zero-order chi connectivity index (χ0) is 36.8. The Morgan fingerprint density at radius 3 is 1.60 bits per heavy atom. The van der Waals surface area contributed by atoms with Crippen LogP contribution in [-0.4, -0.2) is 81.8 Å². The van der Waals surface area contributed by atoms with Gasteiger partial charge in [-0.15, -0.1) is 0 Å². The van der Waals surface area contributed by atoms with E-state index in [1.807, 2.05) is 0 Å². The minimum atomic E-state index is -1.43. The van der Waals surface area contributed by atoms with Crippen LogP contribution < -0.4 is 11.1 Å². The lowest BCUT2D eigenvalue weighted by Gasteiger charge is -2.47. The molecule has 6 atom stereocenters. The van der Waals surface area contributed by atoms with Gasteiger partial charge in [0, 0.05) is 13.0 Å². The second-order valence-corrected chi connectivity index (χ2v) is 14.9. The van der Waals surface area contributed by atoms with Gasteiger partial charge in [-0.2, -0.15) is 0 Å². The fraction of sp³-hybridized carbons (Fsp3) is 0.902. The van der Waals surface area contributed by atoms with E-state index in [1.165, 1.54) is 110 Å². The number of unbranched alkanes of at least 4 members (excludes halogenated alkanes) is 22. The number of allylic oxidation sites excluding steroid dienone is 2. The summed E-state index contributed by atoms with van der Waals surface area (Å²) in [5.74, 6) is -0.608. The Hall–Kier alpha value is -1.52. The normalized spacial score (nSPS) is 21.5. The summed E-state index contributed by atoms with van der Waals surface area (Å²) in [6, 6.07) is -1.91. The fourth-order valence-electron chi connectivity index (χ4n) is 6.82. The number of hydrogen-bond acceptors (Lipinski definition) is 7. The molecule has 0 saturated carbocycles. The molecule has 50 heavy (non-hydrogen) atoms. The fourth-order valence-corrected chi connectivity index (χ4v) is 6.82. The van der Waals surface area contributed by atoms with Gasteiger partial charge in [-0.1, -0.05) is 148 Å². The van der Waals surface area contributed by atoms with Gasteiger partial charge in [-0.05, 0) is 45.4 Å². The second kappa shape index (κ2) is 31.0. The van der Waals surface area contributed by atoms with E-state index >= 15 is 0 Å². The average Bonchev–Trinajstić information content (AvgIpc) is 3.10. The van der Waals surface area contributed by atoms with Crippen LogP contribution in [0.2, 0.25) is 0 Å². The molecule has 0 aliphatic carbocycles. The molecular weight excluding hydrogens is 630 g/mol. The van der Waals surface area contributed by atoms with Gasteiger partial charge < -0.3 is 36.0 Å². The predicted octanol–water partition coefficient (Wildman–Crippen LogP) is 7.82. The smallest absolute Gasteiger partial charge is 0.237 e. The number of nitrogens with one attached hydrogen (secondary N) is 1. The lowest BCUT2D eigenvalue weighted by molar-refractivity contribution is -0.231. The number of carbonyl (C=O) groups excluding carboxylic acids is 2. The third-order valence-corrected chi connectivity index (χ3v) is 10.2. The van der Waals surface area contributed by atoms with Gasteiger partial charge in [0.2, 0.25) is 11.8 Å². The summed E-state index contributed by atoms with van der Waals surface area (Å²) in [5.41, 5.74) is 5.80. The highest BCUT2D eigenvalue weighted by Gasteiger charge is 2.48. The second-order valence-electron chi connectivity index (χ2n) is 14.9. The van der Waals surface area contributed by atoms with E-state index in [2.05, 4.69) is 31.3 Å². The van der Waals surface area contributed by atoms with Crippen LogP contribution in [0.4, 0.5) is 0 Å². The monoisotopic (exact) mass is 710 g/mol. The molecule has 0 aromatic carbocycles. The maximum absolute atomic E-state index is 13.7. The Morgan fingerprint density at radius 1 is 0.700 bits per heavy atom. The number of aliphatic hydroxyl groups excluding tert-OH is 3. The van der Waals surface area contributed by atoms with E-state index in [4.69, 9.17) is 10.5 Å². The van der Waals surface area contributed by atoms with Crippen molar-refractivity contribution in [1.82, 2.24) is 10.2 Å². The summed E-state index contributed by atoms with van der Waals surface area (Å²) in [4.78, 5) is 28.0. The molecule has 6 N–H and O–H groups in total. The SMILES string of the molecule is CCCCCCCC/C=C/CCCCCCCC(=O)N(CCCCCCCCCCCCCC)[C@@H]1O[C@H](CO)[C@@H](O)[C@H](O)[C@H]1NC(=O)[C@H](C)N. The van der Waals surface area contributed by atoms with E-state index in [9.17, 15) is 24.9 Å². The summed E-state index contributed by atoms with van der Waals surface area (Å²) in [7, 11) is 0. The first-order valence-corrected chi connectivity index (χ1v) is 20.9. The number of rotatable bonds is 32. The Kier molecular flexibility index (Phi) is 28.9. The molecule has 1 heterocycles. The minimum absolute atomic E-state index is 0.101. The van der Waals surface area contributed by atoms with Crippen LogP contribution in [0.15, 0.2) is 12.2 Å². The number of ether oxygens (including phenoxy) is 1. The molecule has 1 aliphatic rings. The van der Waals surface area contributed by atoms with E-state index in [0.717, 1.165) is 57.8 Å². The lowest BCUT2D eigenvalue weighted by Crippen LogP contribution is -2.69. The Morgan fingerprint density at radius 2 is 1.14 bits per heavy atom. The number of carbonyl (C=O) groups is 2. The van der Waals surface area contributed by atoms with Gasteiger partial charge in [0.1, 0.15) is 24.4 Å². The number of nitrogens with zero attached hydrogens (tertiary/aromatic N) is 1. The number of amides is 2. The van der Waals surface area contributed by atoms with Crippen molar-refractivity contribution in [2.24, 2.45) is 5.73 Å². The summed E-state index contributed by atoms with van der Waals surface area (Å²) >= 11 is 0. The summed E-state index contributed by atoms with van der Waals surface area (Å²) in [6.07, 6.45) is 29.8. The van der Waals surface area contributed by atoms with Gasteiger partial charge in [0.25, 0.3) is 0 Å². The van der Waals surface area contributed by atoms with Crippen LogP contribution in [-0.2, 0) is 14.3 Å². The van der Waals surface area contributed by atoms with Crippen molar-refractivity contribution in [2.75, 3.05) is 13.2 Å². The average molecular weight is 710 g/mol. The first-order chi connectivity index (χ1) is 24.3. The van der Waals surface area contributed by atoms with Gasteiger partial charge in [-0.25, -0.2) is 0 Å². The van der Waals surface area contributed by atoms with Crippen molar-refractivity contribution in [3.63, 3.8) is 0 Å². The molecule has 294 valence electrons. The number of aliphatic hydroxyl groups is 3. The van der Waals surface area contributed by atoms with Crippen LogP contribution in [0, 0.1) is 0 Å². The number of hydrogen-bond donors (Lipinski definition) is 5. The summed E-state index contributed by atoms with van der Waals surface area (Å²) in [5, 5.41) is 34.3. The third kappa shape index (κ3) is 21.1. The van der Waals surface area contributed by atoms with Gasteiger partial charge in [-0.3, -0.25) is 9.59 Å². The molecule has 9 heteroatoms. The van der Waals surface area contributed by atoms with Crippen molar-refractivity contribution in [3.8, 4) is 0 Å². The third-order valence-electron chi connectivity index (χ3n) is 10.2. The standard InChI is InChI=1S/C41H79N3O6/c1-4-6-8-10-12-14-16-18-19-20-21-23-25-27-29-31-36(46)44(32-30-28-26-24-22-17-15-13-11-9-7-5-2)41-37(43-40(49)34(3)42)39(48)38(47)35(33-45)50-41/h18-19,34-35,37-39,41,45,47-48H,4-17,20-33,42H2,1-3H3,(H,43,49)/b19-18+/t34-,35+,37+,38+,39+,41+/m0/s1. The van der Waals surface area contributed by atoms with Crippen molar-refractivity contribution in [3.05, 3.63) is 12.2 Å². The Balaban J connectivity index is 2.62. The molecular formula is C41H79N3O6. The van der Waals surface area contributed by atoms with Crippen molar-refractivity contribution < 1.29 is 29.6 Å². The number of nitrogens with two attached hydrogens (primary N) is 1. The van der Waals surface area contributed by atoms with Gasteiger partial charge >= 0.3 is 0 Å². The molecule has 1 saturated heterocycles. The van der Waals surface area contributed by atoms with E-state index in [0.29, 0.717) is 13.0 Å². The van der Waals surface area contributed by atoms with Gasteiger partial charge in [0.05, 0.1) is 12.6 Å². The van der Waals surface area contributed by atoms with Crippen molar-refractivity contribution in [2.45, 2.75) is 224 Å². The van der Waals surface area contributed by atoms with Crippen molar-refractivity contribution >= 4 is 11.8 Å². The zero-order valence-corrected chi connectivity index (χ0v) is 32.5. The van der Waals surface area contributed by atoms with Crippen LogP contribution in [0.5, 0.6) is 0 Å². The molecule has 0 aromatic heterocycles. The molecule has 0 spiro atoms. The maximum atomic E-state index is 13.7. The summed E-state index contributed by atoms with van der Waals surface area (Å²) < 4.78 is 6.06. The molecule has 1 rings (SSSR count). The minimum Gasteiger partial charge on any atom is -0.394 e. The lowest BCUT2D eigenvalue weighted by atomic mass is 9.94. The van der Waals surface area contributed by atoms with Gasteiger partial charge in [0.15, 0.2) is 6.23 Å². The van der Waals surface area contributed by atoms with Crippen LogP contribution in [0.25, 0.3) is 0 Å². The largest absolute Gasteiger partial charge is 0.394 e. The molecule has 0 aromatic rings. The van der Waals surface area contributed by atoms with E-state index in [-0.39, 0.29) is 5.91 Å². The quantitative estimate of drug-likeness (QED) is 0.0354. The molecule has 1 fully saturated rings. The molecule has 0 radical (unpaired) electrons. The molecule has 0 bridgehead atoms. The first kappa shape index (κ1) is 46.5. The van der Waals surface area contributed by atoms with Crippen LogP contribution in [0.1, 0.15) is 188 Å². The van der Waals surface area contributed by atoms with Crippen molar-refractivity contribution in [1.29, 1.82) is 0 Å². The first-order valence-electron chi connectivity index (χ1n) is 20.9. The molecule has 9 nitrogen and oxygen atoms in total. The highest BCUT2D eigenvalue weighted by Crippen LogP contribution is 2.26. The summed E-state index contributed by atoms with van der Waals surface area (Å²) in [6.45, 7) is 5.93. The van der Waals surface area contributed by atoms with Crippen LogP contribution >= 0.6 is 0 Å². The van der Waals surface area contributed by atoms with Crippen LogP contribution in [0.3, 0.4) is 0 Å². The Labute approximate surface area is 306 Å². The topological polar surface area (TPSA) is 145 Å².